The molecule has 0 fully saturated rings. The molecule has 0 radical (unpaired) electrons. The third-order valence-corrected chi connectivity index (χ3v) is 5.84. The molecular formula is C21H21F2N7O4. The summed E-state index contributed by atoms with van der Waals surface area (Å²) >= 11 is 0. The van der Waals surface area contributed by atoms with Gasteiger partial charge in [0.25, 0.3) is 11.8 Å². The van der Waals surface area contributed by atoms with E-state index in [1.807, 2.05) is 0 Å². The Morgan fingerprint density at radius 3 is 2.74 bits per heavy atom. The first-order valence-electron chi connectivity index (χ1n) is 10.4. The second-order valence-corrected chi connectivity index (χ2v) is 7.97. The monoisotopic (exact) mass is 473 g/mol. The quantitative estimate of drug-likeness (QED) is 0.672. The van der Waals surface area contributed by atoms with Crippen LogP contribution < -0.4 is 10.6 Å². The van der Waals surface area contributed by atoms with E-state index in [9.17, 15) is 23.2 Å². The van der Waals surface area contributed by atoms with E-state index < -0.39 is 41.1 Å². The van der Waals surface area contributed by atoms with Crippen LogP contribution in [0.5, 0.6) is 0 Å². The molecule has 11 nitrogen and oxygen atoms in total. The zero-order chi connectivity index (χ0) is 24.7. The highest BCUT2D eigenvalue weighted by Crippen LogP contribution is 2.30. The van der Waals surface area contributed by atoms with Gasteiger partial charge < -0.3 is 15.5 Å². The Labute approximate surface area is 192 Å². The molecule has 34 heavy (non-hydrogen) atoms. The fourth-order valence-corrected chi connectivity index (χ4v) is 4.05. The van der Waals surface area contributed by atoms with E-state index >= 15 is 0 Å². The maximum atomic E-state index is 14.4. The lowest BCUT2D eigenvalue weighted by Gasteiger charge is -2.33. The van der Waals surface area contributed by atoms with Crippen LogP contribution in [0.15, 0.2) is 12.1 Å². The molecule has 1 aromatic carbocycles. The standard InChI is InChI=1S/C21H21F2N7O4/c1-10-6-15-12(18-20(32)28(3)34-16(19(31)25-2)9-30(18)27-15)8-29(10)21(33)26-14-5-4-13(22)11(7-24)17(14)23/h4-5,10,16H,6,8-9H2,1-3H3,(H,25,31)(H,26,33)/t10-,16?/m1/s1. The van der Waals surface area contributed by atoms with Crippen molar-refractivity contribution in [3.8, 4) is 6.07 Å². The number of fused-ring (bicyclic) bond motifs is 3. The number of carbonyl (C=O) groups excluding carboxylic acids is 3. The number of carbonyl (C=O) groups is 3. The van der Waals surface area contributed by atoms with Crippen molar-refractivity contribution >= 4 is 23.5 Å². The number of likely N-dealkylation sites (N-methyl/N-ethyl adjacent to an activating group) is 1. The van der Waals surface area contributed by atoms with Crippen molar-refractivity contribution in [1.29, 1.82) is 5.26 Å². The smallest absolute Gasteiger partial charge is 0.322 e. The number of hydroxylamine groups is 2. The Hall–Kier alpha value is -4.05. The van der Waals surface area contributed by atoms with Crippen molar-refractivity contribution in [2.24, 2.45) is 0 Å². The molecule has 13 heteroatoms. The predicted molar refractivity (Wildman–Crippen MR) is 112 cm³/mol. The molecule has 2 aromatic rings. The summed E-state index contributed by atoms with van der Waals surface area (Å²) in [6.45, 7) is 1.74. The van der Waals surface area contributed by atoms with Gasteiger partial charge in [0.2, 0.25) is 0 Å². The van der Waals surface area contributed by atoms with E-state index in [1.165, 1.54) is 29.7 Å². The second kappa shape index (κ2) is 8.71. The molecule has 0 spiro atoms. The molecule has 1 unspecified atom stereocenters. The van der Waals surface area contributed by atoms with E-state index in [2.05, 4.69) is 15.7 Å². The molecule has 4 amide bonds. The first kappa shape index (κ1) is 23.1. The summed E-state index contributed by atoms with van der Waals surface area (Å²) in [5.74, 6) is -3.15. The van der Waals surface area contributed by atoms with Crippen LogP contribution in [0.1, 0.15) is 34.2 Å². The number of amides is 4. The first-order valence-corrected chi connectivity index (χ1v) is 10.4. The normalized spacial score (nSPS) is 19.6. The molecule has 2 atom stereocenters. The maximum Gasteiger partial charge on any atom is 0.322 e. The maximum absolute atomic E-state index is 14.4. The molecule has 2 N–H and O–H groups in total. The lowest BCUT2D eigenvalue weighted by atomic mass is 9.99. The van der Waals surface area contributed by atoms with Gasteiger partial charge in [-0.2, -0.15) is 10.4 Å². The zero-order valence-electron chi connectivity index (χ0n) is 18.6. The minimum Gasteiger partial charge on any atom is -0.357 e. The number of benzene rings is 1. The Balaban J connectivity index is 1.64. The average molecular weight is 473 g/mol. The SMILES string of the molecule is CNC(=O)C1Cn2nc3c(c2C(=O)N(C)O1)CN(C(=O)Nc1ccc(F)c(C#N)c1F)[C@H](C)C3. The van der Waals surface area contributed by atoms with Gasteiger partial charge in [-0.15, -0.1) is 0 Å². The van der Waals surface area contributed by atoms with Crippen LogP contribution >= 0.6 is 0 Å². The number of hydrogen-bond donors (Lipinski definition) is 2. The van der Waals surface area contributed by atoms with Crippen LogP contribution in [-0.2, 0) is 29.1 Å². The van der Waals surface area contributed by atoms with Crippen molar-refractivity contribution in [3.05, 3.63) is 46.3 Å². The third-order valence-electron chi connectivity index (χ3n) is 5.84. The molecule has 2 aliphatic rings. The van der Waals surface area contributed by atoms with Gasteiger partial charge >= 0.3 is 6.03 Å². The summed E-state index contributed by atoms with van der Waals surface area (Å²) in [5.41, 5.74) is 0.142. The number of nitrogens with zero attached hydrogens (tertiary/aromatic N) is 5. The van der Waals surface area contributed by atoms with Gasteiger partial charge in [0.05, 0.1) is 24.5 Å². The fourth-order valence-electron chi connectivity index (χ4n) is 4.05. The average Bonchev–Trinajstić information content (AvgIpc) is 3.09. The summed E-state index contributed by atoms with van der Waals surface area (Å²) < 4.78 is 29.5. The largest absolute Gasteiger partial charge is 0.357 e. The van der Waals surface area contributed by atoms with Crippen LogP contribution in [-0.4, -0.2) is 63.8 Å². The van der Waals surface area contributed by atoms with Crippen LogP contribution in [0.3, 0.4) is 0 Å². The number of halogens is 2. The summed E-state index contributed by atoms with van der Waals surface area (Å²) in [5, 5.41) is 19.3. The second-order valence-electron chi connectivity index (χ2n) is 7.97. The van der Waals surface area contributed by atoms with Crippen LogP contribution in [0.4, 0.5) is 19.3 Å². The summed E-state index contributed by atoms with van der Waals surface area (Å²) in [4.78, 5) is 44.9. The van der Waals surface area contributed by atoms with Crippen molar-refractivity contribution < 1.29 is 28.0 Å². The van der Waals surface area contributed by atoms with Gasteiger partial charge in [-0.1, -0.05) is 0 Å². The number of nitrogens with one attached hydrogen (secondary N) is 2. The number of nitriles is 1. The molecule has 3 heterocycles. The highest BCUT2D eigenvalue weighted by atomic mass is 19.1. The van der Waals surface area contributed by atoms with Crippen LogP contribution in [0, 0.1) is 23.0 Å². The molecule has 1 aromatic heterocycles. The van der Waals surface area contributed by atoms with Crippen molar-refractivity contribution in [2.45, 2.75) is 38.6 Å². The van der Waals surface area contributed by atoms with Gasteiger partial charge in [-0.3, -0.25) is 19.1 Å². The minimum atomic E-state index is -1.17. The lowest BCUT2D eigenvalue weighted by Crippen LogP contribution is -2.45. The molecule has 178 valence electrons. The Bertz CT molecular complexity index is 1240. The predicted octanol–water partition coefficient (Wildman–Crippen LogP) is 1.14. The van der Waals surface area contributed by atoms with Crippen LogP contribution in [0.2, 0.25) is 0 Å². The van der Waals surface area contributed by atoms with Crippen molar-refractivity contribution in [2.75, 3.05) is 19.4 Å². The fraction of sp³-hybridized carbons (Fsp3) is 0.381. The number of anilines is 1. The lowest BCUT2D eigenvalue weighted by molar-refractivity contribution is -0.168. The van der Waals surface area contributed by atoms with Gasteiger partial charge in [0, 0.05) is 32.1 Å². The van der Waals surface area contributed by atoms with Crippen LogP contribution in [0.25, 0.3) is 0 Å². The highest BCUT2D eigenvalue weighted by molar-refractivity contribution is 5.95. The Morgan fingerprint density at radius 1 is 1.32 bits per heavy atom. The van der Waals surface area contributed by atoms with Gasteiger partial charge in [-0.25, -0.2) is 18.6 Å². The molecule has 0 saturated heterocycles. The van der Waals surface area contributed by atoms with E-state index in [4.69, 9.17) is 10.1 Å². The van der Waals surface area contributed by atoms with E-state index in [0.717, 1.165) is 17.2 Å². The number of aromatic nitrogens is 2. The van der Waals surface area contributed by atoms with Crippen molar-refractivity contribution in [1.82, 2.24) is 25.1 Å². The molecule has 4 rings (SSSR count). The molecule has 0 saturated carbocycles. The molecule has 2 aliphatic heterocycles. The van der Waals surface area contributed by atoms with Gasteiger partial charge in [-0.05, 0) is 19.1 Å². The topological polar surface area (TPSA) is 133 Å². The number of urea groups is 1. The van der Waals surface area contributed by atoms with E-state index in [0.29, 0.717) is 17.7 Å². The Kier molecular flexibility index (Phi) is 5.92. The van der Waals surface area contributed by atoms with Crippen molar-refractivity contribution in [3.63, 3.8) is 0 Å². The van der Waals surface area contributed by atoms with E-state index in [1.54, 1.807) is 6.92 Å². The summed E-state index contributed by atoms with van der Waals surface area (Å²) in [6, 6.07) is 2.29. The van der Waals surface area contributed by atoms with Gasteiger partial charge in [0.15, 0.2) is 11.9 Å². The molecule has 0 aliphatic carbocycles. The zero-order valence-corrected chi connectivity index (χ0v) is 18.6. The molecule has 0 bridgehead atoms. The highest BCUT2D eigenvalue weighted by Gasteiger charge is 2.39. The third kappa shape index (κ3) is 3.81. The summed E-state index contributed by atoms with van der Waals surface area (Å²) in [7, 11) is 2.84. The summed E-state index contributed by atoms with van der Waals surface area (Å²) in [6.07, 6.45) is -0.671. The minimum absolute atomic E-state index is 0.00358. The van der Waals surface area contributed by atoms with Gasteiger partial charge in [0.1, 0.15) is 23.1 Å². The molecular weight excluding hydrogens is 452 g/mol. The van der Waals surface area contributed by atoms with E-state index in [-0.39, 0.29) is 30.5 Å². The number of hydrogen-bond acceptors (Lipinski definition) is 6. The first-order chi connectivity index (χ1) is 16.2. The number of rotatable bonds is 2. The Morgan fingerprint density at radius 2 is 2.06 bits per heavy atom.